The van der Waals surface area contributed by atoms with Crippen molar-refractivity contribution < 1.29 is 39.8 Å². The molecule has 1 rings (SSSR count). The molecule has 1 fully saturated rings. The van der Waals surface area contributed by atoms with Crippen LogP contribution in [0.25, 0.3) is 0 Å². The molecule has 1 aliphatic heterocycles. The van der Waals surface area contributed by atoms with Gasteiger partial charge in [0.2, 0.25) is 5.91 Å². The SMILES string of the molecule is CC/C=C\C/C=C\C/C=C\C/C=C\C/C=C\C/C=C\CCCCCCCCCCCCCCCCCCCCCCCCC(=O)NC(COC1OC(CO)C(O)C(O)C1O)C(O)/C=C/CC/C=C/CCCCCCCCCCCCCCCCCCCCCCCCCCCC. The van der Waals surface area contributed by atoms with Crippen LogP contribution in [-0.4, -0.2) is 87.5 Å². The van der Waals surface area contributed by atoms with Crippen molar-refractivity contribution in [1.29, 1.82) is 0 Å². The first-order chi connectivity index (χ1) is 47.3. The molecule has 9 heteroatoms. The second-order valence-electron chi connectivity index (χ2n) is 28.5. The molecule has 9 nitrogen and oxygen atoms in total. The zero-order valence-corrected chi connectivity index (χ0v) is 62.9. The summed E-state index contributed by atoms with van der Waals surface area (Å²) in [6, 6.07) is -0.827. The average molecular weight is 1350 g/mol. The Hall–Kier alpha value is -2.89. The lowest BCUT2D eigenvalue weighted by atomic mass is 9.99. The van der Waals surface area contributed by atoms with E-state index >= 15 is 0 Å². The Bertz CT molecular complexity index is 1850. The van der Waals surface area contributed by atoms with E-state index in [0.717, 1.165) is 77.0 Å². The molecule has 96 heavy (non-hydrogen) atoms. The van der Waals surface area contributed by atoms with Gasteiger partial charge in [-0.3, -0.25) is 4.79 Å². The van der Waals surface area contributed by atoms with Crippen LogP contribution in [0.5, 0.6) is 0 Å². The highest BCUT2D eigenvalue weighted by molar-refractivity contribution is 5.76. The third-order valence-electron chi connectivity index (χ3n) is 19.4. The number of aliphatic hydroxyl groups excluding tert-OH is 5. The van der Waals surface area contributed by atoms with Gasteiger partial charge in [0, 0.05) is 6.42 Å². The van der Waals surface area contributed by atoms with E-state index in [2.05, 4.69) is 104 Å². The molecule has 0 aromatic rings. The van der Waals surface area contributed by atoms with Crippen LogP contribution in [0.2, 0.25) is 0 Å². The van der Waals surface area contributed by atoms with Crippen LogP contribution in [0.15, 0.2) is 97.2 Å². The third-order valence-corrected chi connectivity index (χ3v) is 19.4. The van der Waals surface area contributed by atoms with Crippen molar-refractivity contribution >= 4 is 5.91 Å². The number of carbonyl (C=O) groups excluding carboxylic acids is 1. The fourth-order valence-electron chi connectivity index (χ4n) is 13.0. The minimum Gasteiger partial charge on any atom is -0.394 e. The summed E-state index contributed by atoms with van der Waals surface area (Å²) >= 11 is 0. The molecule has 0 aromatic heterocycles. The Kier molecular flexibility index (Phi) is 71.0. The minimum atomic E-state index is -1.58. The zero-order valence-electron chi connectivity index (χ0n) is 62.9. The predicted molar refractivity (Wildman–Crippen MR) is 415 cm³/mol. The lowest BCUT2D eigenvalue weighted by molar-refractivity contribution is -0.302. The van der Waals surface area contributed by atoms with Crippen LogP contribution >= 0.6 is 0 Å². The first-order valence-corrected chi connectivity index (χ1v) is 41.5. The van der Waals surface area contributed by atoms with Gasteiger partial charge in [0.05, 0.1) is 25.4 Å². The van der Waals surface area contributed by atoms with Crippen molar-refractivity contribution in [2.45, 2.75) is 436 Å². The molecule has 7 unspecified atom stereocenters. The van der Waals surface area contributed by atoms with Crippen LogP contribution < -0.4 is 5.32 Å². The van der Waals surface area contributed by atoms with Crippen molar-refractivity contribution in [3.63, 3.8) is 0 Å². The van der Waals surface area contributed by atoms with E-state index in [4.69, 9.17) is 9.47 Å². The highest BCUT2D eigenvalue weighted by Gasteiger charge is 2.44. The maximum absolute atomic E-state index is 13.2. The van der Waals surface area contributed by atoms with Gasteiger partial charge in [0.1, 0.15) is 24.4 Å². The summed E-state index contributed by atoms with van der Waals surface area (Å²) in [5, 5.41) is 54.9. The van der Waals surface area contributed by atoms with Crippen molar-refractivity contribution in [2.75, 3.05) is 13.2 Å². The van der Waals surface area contributed by atoms with Gasteiger partial charge in [0.25, 0.3) is 0 Å². The fraction of sp³-hybridized carbons (Fsp3) is 0.805. The van der Waals surface area contributed by atoms with Crippen molar-refractivity contribution in [2.24, 2.45) is 0 Å². The minimum absolute atomic E-state index is 0.181. The standard InChI is InChI=1S/C87H157NO8/c1-3-5-7-9-11-13-15-17-19-21-23-25-27-29-31-33-35-37-38-39-40-41-42-43-44-45-47-49-51-53-55-57-59-61-63-65-67-69-71-73-75-77-83(91)88-80(79-95-87-86(94)85(93)84(92)82(78-89)96-87)81(90)76-74-72-70-68-66-64-62-60-58-56-54-52-50-48-46-36-34-32-30-28-26-24-22-20-18-16-14-12-10-8-6-4-2/h5,7,11,13,17,19,23,25,29,31,35,37,66,68,74,76,80-82,84-87,89-90,92-94H,3-4,6,8-10,12,14-16,18,20-22,24,26-28,30,32-34,36,38-65,67,69-73,75,77-79H2,1-2H3,(H,88,91)/b7-5-,13-11-,19-17-,25-23-,31-29-,37-35-,68-66+,76-74+. The largest absolute Gasteiger partial charge is 0.394 e. The summed E-state index contributed by atoms with van der Waals surface area (Å²) < 4.78 is 11.3. The summed E-state index contributed by atoms with van der Waals surface area (Å²) in [6.45, 7) is 3.70. The van der Waals surface area contributed by atoms with Gasteiger partial charge in [0.15, 0.2) is 6.29 Å². The lowest BCUT2D eigenvalue weighted by Crippen LogP contribution is -2.60. The summed E-state index contributed by atoms with van der Waals surface area (Å²) in [5.74, 6) is -0.181. The van der Waals surface area contributed by atoms with Crippen molar-refractivity contribution in [3.05, 3.63) is 97.2 Å². The third kappa shape index (κ3) is 62.1. The van der Waals surface area contributed by atoms with E-state index in [1.165, 1.54) is 295 Å². The molecule has 0 aliphatic carbocycles. The molecule has 6 N–H and O–H groups in total. The van der Waals surface area contributed by atoms with Gasteiger partial charge in [-0.15, -0.1) is 0 Å². The first-order valence-electron chi connectivity index (χ1n) is 41.5. The first kappa shape index (κ1) is 91.1. The van der Waals surface area contributed by atoms with Gasteiger partial charge in [-0.2, -0.15) is 0 Å². The van der Waals surface area contributed by atoms with E-state index in [1.807, 2.05) is 6.08 Å². The van der Waals surface area contributed by atoms with Crippen molar-refractivity contribution in [3.8, 4) is 0 Å². The topological polar surface area (TPSA) is 149 Å². The number of allylic oxidation sites excluding steroid dienone is 15. The molecule has 0 bridgehead atoms. The fourth-order valence-corrected chi connectivity index (χ4v) is 13.0. The normalized spacial score (nSPS) is 17.9. The molecule has 1 amide bonds. The Morgan fingerprint density at radius 1 is 0.365 bits per heavy atom. The van der Waals surface area contributed by atoms with Crippen LogP contribution in [0.4, 0.5) is 0 Å². The average Bonchev–Trinajstić information content (AvgIpc) is 0.840. The number of hydrogen-bond donors (Lipinski definition) is 6. The quantitative estimate of drug-likeness (QED) is 0.0261. The zero-order chi connectivity index (χ0) is 69.2. The van der Waals surface area contributed by atoms with Crippen molar-refractivity contribution in [1.82, 2.24) is 5.32 Å². The number of carbonyl (C=O) groups is 1. The number of rotatable bonds is 73. The Morgan fingerprint density at radius 3 is 1.00 bits per heavy atom. The van der Waals surface area contributed by atoms with Gasteiger partial charge in [-0.05, 0) is 83.5 Å². The van der Waals surface area contributed by atoms with E-state index in [9.17, 15) is 30.3 Å². The summed E-state index contributed by atoms with van der Waals surface area (Å²) in [5.41, 5.74) is 0. The molecular weight excluding hydrogens is 1190 g/mol. The molecule has 7 atom stereocenters. The molecule has 558 valence electrons. The molecule has 0 spiro atoms. The van der Waals surface area contributed by atoms with Gasteiger partial charge in [-0.1, -0.05) is 400 Å². The van der Waals surface area contributed by atoms with Gasteiger partial charge in [-0.25, -0.2) is 0 Å². The predicted octanol–water partition coefficient (Wildman–Crippen LogP) is 24.2. The molecule has 0 saturated carbocycles. The molecule has 1 aliphatic rings. The van der Waals surface area contributed by atoms with E-state index < -0.39 is 49.5 Å². The monoisotopic (exact) mass is 1340 g/mol. The second-order valence-corrected chi connectivity index (χ2v) is 28.5. The smallest absolute Gasteiger partial charge is 0.220 e. The second kappa shape index (κ2) is 74.8. The summed E-state index contributed by atoms with van der Waals surface area (Å²) in [6.07, 6.45) is 103. The Balaban J connectivity index is 2.06. The maximum atomic E-state index is 13.2. The van der Waals surface area contributed by atoms with Gasteiger partial charge < -0.3 is 40.3 Å². The number of nitrogens with one attached hydrogen (secondary N) is 1. The molecule has 1 saturated heterocycles. The van der Waals surface area contributed by atoms with Gasteiger partial charge >= 0.3 is 0 Å². The van der Waals surface area contributed by atoms with E-state index in [0.29, 0.717) is 6.42 Å². The number of ether oxygens (including phenoxy) is 2. The maximum Gasteiger partial charge on any atom is 0.220 e. The van der Waals surface area contributed by atoms with Crippen LogP contribution in [0.3, 0.4) is 0 Å². The van der Waals surface area contributed by atoms with Crippen LogP contribution in [0, 0.1) is 0 Å². The summed E-state index contributed by atoms with van der Waals surface area (Å²) in [7, 11) is 0. The molecule has 0 radical (unpaired) electrons. The highest BCUT2D eigenvalue weighted by atomic mass is 16.7. The Morgan fingerprint density at radius 2 is 0.656 bits per heavy atom. The van der Waals surface area contributed by atoms with Crippen LogP contribution in [-0.2, 0) is 14.3 Å². The number of unbranched alkanes of at least 4 members (excludes halogenated alkanes) is 49. The number of hydrogen-bond acceptors (Lipinski definition) is 8. The summed E-state index contributed by atoms with van der Waals surface area (Å²) in [4.78, 5) is 13.2. The molecular formula is C87H157NO8. The molecule has 0 aromatic carbocycles. The lowest BCUT2D eigenvalue weighted by Gasteiger charge is -2.40. The Labute approximate surface area is 594 Å². The van der Waals surface area contributed by atoms with E-state index in [-0.39, 0.29) is 12.5 Å². The van der Waals surface area contributed by atoms with E-state index in [1.54, 1.807) is 6.08 Å². The molecule has 1 heterocycles. The van der Waals surface area contributed by atoms with Crippen LogP contribution in [0.1, 0.15) is 393 Å². The number of amides is 1. The number of aliphatic hydroxyl groups is 5. The highest BCUT2D eigenvalue weighted by Crippen LogP contribution is 2.24.